The van der Waals surface area contributed by atoms with Gasteiger partial charge in [-0.25, -0.2) is 0 Å². The molecule has 0 saturated heterocycles. The summed E-state index contributed by atoms with van der Waals surface area (Å²) >= 11 is 0. The van der Waals surface area contributed by atoms with Crippen LogP contribution in [0.25, 0.3) is 10.9 Å². The number of ketones is 1. The van der Waals surface area contributed by atoms with Crippen LogP contribution in [0.5, 0.6) is 0 Å². The van der Waals surface area contributed by atoms with E-state index in [0.717, 1.165) is 10.9 Å². The standard InChI is InChI=1S/C15H18N2O4/c1-10(19)11-2-3-13-12(8-11)9-14(17-13)15(20)16-4-6-21-7-5-18/h2-3,8-9,17-18H,4-7H2,1H3,(H,16,20). The summed E-state index contributed by atoms with van der Waals surface area (Å²) in [7, 11) is 0. The molecule has 0 saturated carbocycles. The Bertz CT molecular complexity index is 648. The highest BCUT2D eigenvalue weighted by Gasteiger charge is 2.10. The largest absolute Gasteiger partial charge is 0.394 e. The van der Waals surface area contributed by atoms with Gasteiger partial charge < -0.3 is 20.1 Å². The van der Waals surface area contributed by atoms with E-state index in [-0.39, 0.29) is 24.9 Å². The maximum Gasteiger partial charge on any atom is 0.267 e. The lowest BCUT2D eigenvalue weighted by molar-refractivity contribution is 0.0835. The van der Waals surface area contributed by atoms with Crippen molar-refractivity contribution in [2.24, 2.45) is 0 Å². The molecule has 0 unspecified atom stereocenters. The maximum absolute atomic E-state index is 12.0. The number of rotatable bonds is 7. The molecule has 0 fully saturated rings. The number of carbonyl (C=O) groups excluding carboxylic acids is 2. The second kappa shape index (κ2) is 7.01. The van der Waals surface area contributed by atoms with Gasteiger partial charge in [0.05, 0.1) is 19.8 Å². The summed E-state index contributed by atoms with van der Waals surface area (Å²) in [6.45, 7) is 2.45. The molecule has 0 aliphatic heterocycles. The number of hydrogen-bond donors (Lipinski definition) is 3. The van der Waals surface area contributed by atoms with Crippen molar-refractivity contribution in [1.82, 2.24) is 10.3 Å². The van der Waals surface area contributed by atoms with E-state index in [2.05, 4.69) is 10.3 Å². The molecule has 6 heteroatoms. The summed E-state index contributed by atoms with van der Waals surface area (Å²) in [6.07, 6.45) is 0. The Morgan fingerprint density at radius 1 is 1.29 bits per heavy atom. The molecule has 1 aromatic heterocycles. The molecule has 1 aromatic carbocycles. The molecular formula is C15H18N2O4. The van der Waals surface area contributed by atoms with Gasteiger partial charge in [-0.05, 0) is 31.2 Å². The highest BCUT2D eigenvalue weighted by atomic mass is 16.5. The van der Waals surface area contributed by atoms with Crippen molar-refractivity contribution in [2.45, 2.75) is 6.92 Å². The normalized spacial score (nSPS) is 10.8. The Labute approximate surface area is 122 Å². The van der Waals surface area contributed by atoms with Crippen molar-refractivity contribution in [3.05, 3.63) is 35.5 Å². The quantitative estimate of drug-likeness (QED) is 0.526. The number of ether oxygens (including phenoxy) is 1. The average molecular weight is 290 g/mol. The van der Waals surface area contributed by atoms with Crippen molar-refractivity contribution in [3.63, 3.8) is 0 Å². The predicted octanol–water partition coefficient (Wildman–Crippen LogP) is 1.11. The zero-order chi connectivity index (χ0) is 15.2. The fraction of sp³-hybridized carbons (Fsp3) is 0.333. The Morgan fingerprint density at radius 3 is 2.81 bits per heavy atom. The lowest BCUT2D eigenvalue weighted by Crippen LogP contribution is -2.27. The Hall–Kier alpha value is -2.18. The van der Waals surface area contributed by atoms with Crippen LogP contribution in [0.3, 0.4) is 0 Å². The smallest absolute Gasteiger partial charge is 0.267 e. The minimum Gasteiger partial charge on any atom is -0.394 e. The van der Waals surface area contributed by atoms with Gasteiger partial charge in [-0.15, -0.1) is 0 Å². The van der Waals surface area contributed by atoms with Crippen LogP contribution in [0.4, 0.5) is 0 Å². The maximum atomic E-state index is 12.0. The number of carbonyl (C=O) groups is 2. The van der Waals surface area contributed by atoms with Gasteiger partial charge in [0.2, 0.25) is 0 Å². The summed E-state index contributed by atoms with van der Waals surface area (Å²) in [5.41, 5.74) is 1.86. The number of hydrogen-bond acceptors (Lipinski definition) is 4. The highest BCUT2D eigenvalue weighted by Crippen LogP contribution is 2.17. The number of aromatic amines is 1. The van der Waals surface area contributed by atoms with Crippen LogP contribution >= 0.6 is 0 Å². The number of Topliss-reactive ketones (excluding diaryl/α,β-unsaturated/α-hetero) is 1. The van der Waals surface area contributed by atoms with Crippen LogP contribution in [0.2, 0.25) is 0 Å². The summed E-state index contributed by atoms with van der Waals surface area (Å²) in [5.74, 6) is -0.242. The zero-order valence-electron chi connectivity index (χ0n) is 11.8. The highest BCUT2D eigenvalue weighted by molar-refractivity contribution is 6.01. The fourth-order valence-corrected chi connectivity index (χ4v) is 1.97. The summed E-state index contributed by atoms with van der Waals surface area (Å²) in [4.78, 5) is 26.3. The monoisotopic (exact) mass is 290 g/mol. The molecule has 0 atom stereocenters. The molecule has 0 spiro atoms. The number of benzene rings is 1. The van der Waals surface area contributed by atoms with E-state index in [0.29, 0.717) is 24.4 Å². The molecule has 6 nitrogen and oxygen atoms in total. The van der Waals surface area contributed by atoms with Gasteiger partial charge in [0.15, 0.2) is 5.78 Å². The molecule has 21 heavy (non-hydrogen) atoms. The summed E-state index contributed by atoms with van der Waals surface area (Å²) in [5, 5.41) is 12.1. The Kier molecular flexibility index (Phi) is 5.08. The number of amides is 1. The number of nitrogens with one attached hydrogen (secondary N) is 2. The predicted molar refractivity (Wildman–Crippen MR) is 78.5 cm³/mol. The molecule has 0 bridgehead atoms. The first-order valence-corrected chi connectivity index (χ1v) is 6.72. The average Bonchev–Trinajstić information content (AvgIpc) is 2.89. The summed E-state index contributed by atoms with van der Waals surface area (Å²) < 4.78 is 5.06. The van der Waals surface area contributed by atoms with Crippen molar-refractivity contribution < 1.29 is 19.4 Å². The second-order valence-corrected chi connectivity index (χ2v) is 4.63. The molecule has 0 aliphatic rings. The van der Waals surface area contributed by atoms with Gasteiger partial charge in [-0.1, -0.05) is 0 Å². The number of aromatic nitrogens is 1. The van der Waals surface area contributed by atoms with E-state index >= 15 is 0 Å². The lowest BCUT2D eigenvalue weighted by Gasteiger charge is -2.03. The van der Waals surface area contributed by atoms with Crippen molar-refractivity contribution >= 4 is 22.6 Å². The molecule has 0 aliphatic carbocycles. The van der Waals surface area contributed by atoms with Gasteiger partial charge in [-0.3, -0.25) is 9.59 Å². The number of aliphatic hydroxyl groups is 1. The first kappa shape index (κ1) is 15.2. The molecular weight excluding hydrogens is 272 g/mol. The van der Waals surface area contributed by atoms with E-state index in [1.54, 1.807) is 24.3 Å². The first-order valence-electron chi connectivity index (χ1n) is 6.72. The Morgan fingerprint density at radius 2 is 2.10 bits per heavy atom. The third-order valence-electron chi connectivity index (χ3n) is 3.04. The van der Waals surface area contributed by atoms with E-state index in [9.17, 15) is 9.59 Å². The topological polar surface area (TPSA) is 91.4 Å². The van der Waals surface area contributed by atoms with Crippen LogP contribution in [0.15, 0.2) is 24.3 Å². The van der Waals surface area contributed by atoms with Crippen LogP contribution in [0, 0.1) is 0 Å². The van der Waals surface area contributed by atoms with Gasteiger partial charge in [-0.2, -0.15) is 0 Å². The molecule has 2 aromatic rings. The first-order chi connectivity index (χ1) is 10.1. The molecule has 3 N–H and O–H groups in total. The van der Waals surface area contributed by atoms with Crippen molar-refractivity contribution in [2.75, 3.05) is 26.4 Å². The number of aliphatic hydroxyl groups excluding tert-OH is 1. The molecule has 112 valence electrons. The van der Waals surface area contributed by atoms with E-state index in [1.165, 1.54) is 6.92 Å². The van der Waals surface area contributed by atoms with Crippen molar-refractivity contribution in [3.8, 4) is 0 Å². The number of H-pyrrole nitrogens is 1. The number of fused-ring (bicyclic) bond motifs is 1. The second-order valence-electron chi connectivity index (χ2n) is 4.63. The van der Waals surface area contributed by atoms with Crippen molar-refractivity contribution in [1.29, 1.82) is 0 Å². The van der Waals surface area contributed by atoms with Gasteiger partial charge in [0.25, 0.3) is 5.91 Å². The minimum absolute atomic E-state index is 0.00914. The lowest BCUT2D eigenvalue weighted by atomic mass is 10.1. The fourth-order valence-electron chi connectivity index (χ4n) is 1.97. The molecule has 2 rings (SSSR count). The third-order valence-corrected chi connectivity index (χ3v) is 3.04. The SMILES string of the molecule is CC(=O)c1ccc2[nH]c(C(=O)NCCOCCO)cc2c1. The van der Waals surface area contributed by atoms with E-state index in [1.807, 2.05) is 0 Å². The third kappa shape index (κ3) is 3.90. The van der Waals surface area contributed by atoms with Gasteiger partial charge in [0.1, 0.15) is 5.69 Å². The summed E-state index contributed by atoms with van der Waals surface area (Å²) in [6, 6.07) is 6.99. The van der Waals surface area contributed by atoms with Crippen LogP contribution < -0.4 is 5.32 Å². The van der Waals surface area contributed by atoms with E-state index in [4.69, 9.17) is 9.84 Å². The Balaban J connectivity index is 2.01. The van der Waals surface area contributed by atoms with Crippen LogP contribution in [-0.4, -0.2) is 48.1 Å². The van der Waals surface area contributed by atoms with E-state index < -0.39 is 0 Å². The molecule has 1 heterocycles. The molecule has 0 radical (unpaired) electrons. The van der Waals surface area contributed by atoms with Gasteiger partial charge in [0, 0.05) is 23.0 Å². The van der Waals surface area contributed by atoms with Crippen LogP contribution in [-0.2, 0) is 4.74 Å². The van der Waals surface area contributed by atoms with Gasteiger partial charge >= 0.3 is 0 Å². The molecule has 1 amide bonds. The minimum atomic E-state index is -0.233. The zero-order valence-corrected chi connectivity index (χ0v) is 11.8. The van der Waals surface area contributed by atoms with Crippen LogP contribution in [0.1, 0.15) is 27.8 Å².